The third-order valence-corrected chi connectivity index (χ3v) is 6.93. The Morgan fingerprint density at radius 1 is 1.07 bits per heavy atom. The zero-order valence-corrected chi connectivity index (χ0v) is 17.6. The highest BCUT2D eigenvalue weighted by Crippen LogP contribution is 2.33. The van der Waals surface area contributed by atoms with E-state index in [0.29, 0.717) is 22.3 Å². The molecule has 2 saturated heterocycles. The first-order valence-corrected chi connectivity index (χ1v) is 11.1. The van der Waals surface area contributed by atoms with E-state index in [1.807, 2.05) is 46.7 Å². The Bertz CT molecular complexity index is 904. The molecule has 4 rings (SSSR count). The lowest BCUT2D eigenvalue weighted by Crippen LogP contribution is -2.51. The van der Waals surface area contributed by atoms with Crippen molar-refractivity contribution in [2.45, 2.75) is 0 Å². The van der Waals surface area contributed by atoms with Crippen molar-refractivity contribution in [3.8, 4) is 0 Å². The maximum Gasteiger partial charge on any atom is 0.266 e. The Balaban J connectivity index is 1.35. The Morgan fingerprint density at radius 2 is 1.82 bits per heavy atom. The Kier molecular flexibility index (Phi) is 5.79. The summed E-state index contributed by atoms with van der Waals surface area (Å²) in [6.45, 7) is 2.87. The van der Waals surface area contributed by atoms with Gasteiger partial charge in [0, 0.05) is 36.7 Å². The zero-order valence-electron chi connectivity index (χ0n) is 15.1. The predicted octanol–water partition coefficient (Wildman–Crippen LogP) is 3.30. The number of nitrogens with zero attached hydrogens (tertiary/aromatic N) is 3. The summed E-state index contributed by atoms with van der Waals surface area (Å²) in [5.41, 5.74) is 1.17. The van der Waals surface area contributed by atoms with Gasteiger partial charge in [-0.2, -0.15) is 0 Å². The average Bonchev–Trinajstić information content (AvgIpc) is 3.33. The van der Waals surface area contributed by atoms with Crippen LogP contribution in [0.15, 0.2) is 52.7 Å². The number of carbonyl (C=O) groups excluding carboxylic acids is 2. The lowest BCUT2D eigenvalue weighted by atomic mass is 10.2. The van der Waals surface area contributed by atoms with Crippen molar-refractivity contribution in [1.82, 2.24) is 9.80 Å². The molecule has 0 radical (unpaired) electrons. The van der Waals surface area contributed by atoms with Crippen LogP contribution in [-0.2, 0) is 9.59 Å². The third kappa shape index (κ3) is 4.14. The summed E-state index contributed by atoms with van der Waals surface area (Å²) >= 11 is 8.17. The van der Waals surface area contributed by atoms with Crippen LogP contribution < -0.4 is 4.90 Å². The van der Waals surface area contributed by atoms with E-state index in [1.54, 1.807) is 11.3 Å². The van der Waals surface area contributed by atoms with Gasteiger partial charge in [-0.15, -0.1) is 11.3 Å². The van der Waals surface area contributed by atoms with E-state index < -0.39 is 0 Å². The monoisotopic (exact) mass is 429 g/mol. The van der Waals surface area contributed by atoms with Crippen molar-refractivity contribution in [2.75, 3.05) is 37.6 Å². The summed E-state index contributed by atoms with van der Waals surface area (Å²) in [4.78, 5) is 32.5. The molecule has 0 N–H and O–H groups in total. The number of para-hydroxylation sites is 1. The van der Waals surface area contributed by atoms with Crippen LogP contribution in [0.25, 0.3) is 6.08 Å². The van der Waals surface area contributed by atoms with E-state index in [2.05, 4.69) is 17.0 Å². The van der Waals surface area contributed by atoms with Crippen molar-refractivity contribution in [2.24, 2.45) is 0 Å². The summed E-state index contributed by atoms with van der Waals surface area (Å²) in [7, 11) is 0. The number of piperazine rings is 1. The van der Waals surface area contributed by atoms with Gasteiger partial charge in [-0.1, -0.05) is 48.2 Å². The summed E-state index contributed by atoms with van der Waals surface area (Å²) in [6, 6.07) is 14.1. The van der Waals surface area contributed by atoms with Crippen LogP contribution in [-0.4, -0.2) is 58.7 Å². The molecular weight excluding hydrogens is 410 g/mol. The predicted molar refractivity (Wildman–Crippen MR) is 119 cm³/mol. The van der Waals surface area contributed by atoms with Gasteiger partial charge in [-0.25, -0.2) is 0 Å². The third-order valence-electron chi connectivity index (χ3n) is 4.74. The molecule has 8 heteroatoms. The number of hydrogen-bond acceptors (Lipinski definition) is 6. The summed E-state index contributed by atoms with van der Waals surface area (Å²) in [6.07, 6.45) is 1.84. The van der Waals surface area contributed by atoms with Crippen LogP contribution in [0.4, 0.5) is 5.69 Å². The number of benzene rings is 1. The van der Waals surface area contributed by atoms with Gasteiger partial charge in [-0.3, -0.25) is 14.5 Å². The van der Waals surface area contributed by atoms with Gasteiger partial charge in [-0.05, 0) is 29.7 Å². The molecule has 1 aromatic heterocycles. The van der Waals surface area contributed by atoms with E-state index >= 15 is 0 Å². The molecule has 2 aromatic rings. The number of amides is 2. The number of hydrogen-bond donors (Lipinski definition) is 0. The Morgan fingerprint density at radius 3 is 2.50 bits per heavy atom. The van der Waals surface area contributed by atoms with E-state index in [0.717, 1.165) is 18.0 Å². The second-order valence-electron chi connectivity index (χ2n) is 6.49. The molecule has 1 aromatic carbocycles. The summed E-state index contributed by atoms with van der Waals surface area (Å²) in [5.74, 6) is -0.235. The molecule has 0 unspecified atom stereocenters. The van der Waals surface area contributed by atoms with Crippen molar-refractivity contribution in [3.05, 3.63) is 57.6 Å². The fourth-order valence-electron chi connectivity index (χ4n) is 3.23. The van der Waals surface area contributed by atoms with Gasteiger partial charge in [0.2, 0.25) is 5.91 Å². The van der Waals surface area contributed by atoms with Crippen LogP contribution in [0.5, 0.6) is 0 Å². The lowest BCUT2D eigenvalue weighted by Gasteiger charge is -2.36. The van der Waals surface area contributed by atoms with E-state index in [9.17, 15) is 9.59 Å². The van der Waals surface area contributed by atoms with E-state index in [1.165, 1.54) is 22.3 Å². The number of thiophene rings is 1. The smallest absolute Gasteiger partial charge is 0.266 e. The normalized spacial score (nSPS) is 19.0. The average molecular weight is 430 g/mol. The van der Waals surface area contributed by atoms with E-state index in [4.69, 9.17) is 12.2 Å². The molecule has 2 fully saturated rings. The molecule has 0 bridgehead atoms. The van der Waals surface area contributed by atoms with Crippen LogP contribution >= 0.6 is 35.3 Å². The summed E-state index contributed by atoms with van der Waals surface area (Å²) in [5, 5.41) is 1.96. The van der Waals surface area contributed by atoms with Crippen LogP contribution in [0.3, 0.4) is 0 Å². The first-order chi connectivity index (χ1) is 13.6. The second kappa shape index (κ2) is 8.46. The Hall–Kier alpha value is -2.16. The highest BCUT2D eigenvalue weighted by atomic mass is 32.2. The van der Waals surface area contributed by atoms with Crippen molar-refractivity contribution in [3.63, 3.8) is 0 Å². The molecule has 0 spiro atoms. The number of thiocarbonyl (C=S) groups is 1. The fraction of sp³-hybridized carbons (Fsp3) is 0.250. The first kappa shape index (κ1) is 19.2. The number of rotatable bonds is 4. The quantitative estimate of drug-likeness (QED) is 0.551. The van der Waals surface area contributed by atoms with Gasteiger partial charge >= 0.3 is 0 Å². The maximum absolute atomic E-state index is 12.7. The first-order valence-electron chi connectivity index (χ1n) is 8.98. The molecule has 2 aliphatic heterocycles. The molecule has 0 saturated carbocycles. The Labute approximate surface area is 177 Å². The van der Waals surface area contributed by atoms with Crippen molar-refractivity contribution < 1.29 is 9.59 Å². The van der Waals surface area contributed by atoms with Crippen molar-refractivity contribution in [1.29, 1.82) is 0 Å². The van der Waals surface area contributed by atoms with Gasteiger partial charge in [0.25, 0.3) is 5.91 Å². The van der Waals surface area contributed by atoms with Crippen LogP contribution in [0, 0.1) is 0 Å². The van der Waals surface area contributed by atoms with Gasteiger partial charge < -0.3 is 9.80 Å². The topological polar surface area (TPSA) is 43.9 Å². The largest absolute Gasteiger partial charge is 0.368 e. The molecule has 2 aliphatic rings. The molecule has 0 aliphatic carbocycles. The molecule has 3 heterocycles. The second-order valence-corrected chi connectivity index (χ2v) is 9.14. The minimum Gasteiger partial charge on any atom is -0.368 e. The summed E-state index contributed by atoms with van der Waals surface area (Å²) < 4.78 is 0.448. The zero-order chi connectivity index (χ0) is 19.5. The lowest BCUT2D eigenvalue weighted by molar-refractivity contribution is -0.135. The highest BCUT2D eigenvalue weighted by Gasteiger charge is 2.35. The van der Waals surface area contributed by atoms with Crippen molar-refractivity contribution >= 4 is 63.2 Å². The molecule has 144 valence electrons. The SMILES string of the molecule is O=C(CN1C(=O)C(=Cc2cccs2)SC1=S)N1CCN(c2ccccc2)CC1. The van der Waals surface area contributed by atoms with Gasteiger partial charge in [0.15, 0.2) is 0 Å². The molecule has 0 atom stereocenters. The number of thioether (sulfide) groups is 1. The van der Waals surface area contributed by atoms with Crippen LogP contribution in [0.2, 0.25) is 0 Å². The maximum atomic E-state index is 12.7. The highest BCUT2D eigenvalue weighted by molar-refractivity contribution is 8.26. The molecular formula is C20H19N3O2S3. The molecule has 5 nitrogen and oxygen atoms in total. The van der Waals surface area contributed by atoms with E-state index in [-0.39, 0.29) is 18.4 Å². The molecule has 2 amide bonds. The minimum absolute atomic E-state index is 0.0117. The van der Waals surface area contributed by atoms with Crippen LogP contribution in [0.1, 0.15) is 4.88 Å². The standard InChI is InChI=1S/C20H19N3O2S3/c24-18(22-10-8-21(9-11-22)15-5-2-1-3-6-15)14-23-19(25)17(28-20(23)26)13-16-7-4-12-27-16/h1-7,12-13H,8-11,14H2. The number of carbonyl (C=O) groups is 2. The fourth-order valence-corrected chi connectivity index (χ4v) is 5.20. The molecule has 28 heavy (non-hydrogen) atoms. The van der Waals surface area contributed by atoms with Gasteiger partial charge in [0.1, 0.15) is 10.9 Å². The van der Waals surface area contributed by atoms with Gasteiger partial charge in [0.05, 0.1) is 4.91 Å². The minimum atomic E-state index is -0.181. The number of anilines is 1.